The largest absolute Gasteiger partial charge is 0.375 e. The van der Waals surface area contributed by atoms with Gasteiger partial charge in [0, 0.05) is 13.1 Å². The second-order valence-electron chi connectivity index (χ2n) is 5.54. The summed E-state index contributed by atoms with van der Waals surface area (Å²) in [5.41, 5.74) is 0. The van der Waals surface area contributed by atoms with E-state index in [-0.39, 0.29) is 17.9 Å². The minimum atomic E-state index is -3.39. The molecule has 1 aliphatic rings. The van der Waals surface area contributed by atoms with E-state index in [0.717, 1.165) is 6.26 Å². The molecule has 1 heterocycles. The van der Waals surface area contributed by atoms with Gasteiger partial charge in [-0.05, 0) is 19.3 Å². The molecule has 0 aromatic rings. The Kier molecular flexibility index (Phi) is 5.76. The molecule has 112 valence electrons. The Morgan fingerprint density at radius 2 is 2.11 bits per heavy atom. The Morgan fingerprint density at radius 3 is 2.58 bits per heavy atom. The van der Waals surface area contributed by atoms with Gasteiger partial charge in [0.2, 0.25) is 15.9 Å². The minimum Gasteiger partial charge on any atom is -0.375 e. The summed E-state index contributed by atoms with van der Waals surface area (Å²) in [4.78, 5) is 14.1. The SMILES string of the molecule is CC(C)CC(NS(C)(=O)=O)C(=O)N1CCOC(C)C1. The number of carbonyl (C=O) groups is 1. The Morgan fingerprint density at radius 1 is 1.47 bits per heavy atom. The average molecular weight is 292 g/mol. The van der Waals surface area contributed by atoms with Gasteiger partial charge in [0.05, 0.1) is 19.0 Å². The highest BCUT2D eigenvalue weighted by molar-refractivity contribution is 7.88. The molecule has 6 nitrogen and oxygen atoms in total. The number of sulfonamides is 1. The molecule has 1 N–H and O–H groups in total. The van der Waals surface area contributed by atoms with Crippen LogP contribution in [0.3, 0.4) is 0 Å². The maximum atomic E-state index is 12.4. The standard InChI is InChI=1S/C12H24N2O4S/c1-9(2)7-11(13-19(4,16)17)12(15)14-5-6-18-10(3)8-14/h9-11,13H,5-8H2,1-4H3. The van der Waals surface area contributed by atoms with Crippen LogP contribution in [0.1, 0.15) is 27.2 Å². The predicted molar refractivity (Wildman–Crippen MR) is 73.2 cm³/mol. The van der Waals surface area contributed by atoms with E-state index in [1.807, 2.05) is 20.8 Å². The molecule has 0 spiro atoms. The summed E-state index contributed by atoms with van der Waals surface area (Å²) in [6.45, 7) is 7.36. The molecule has 1 saturated heterocycles. The molecular weight excluding hydrogens is 268 g/mol. The minimum absolute atomic E-state index is 0.00404. The number of ether oxygens (including phenoxy) is 1. The lowest BCUT2D eigenvalue weighted by molar-refractivity contribution is -0.140. The van der Waals surface area contributed by atoms with E-state index in [1.54, 1.807) is 4.90 Å². The fourth-order valence-electron chi connectivity index (χ4n) is 2.17. The maximum absolute atomic E-state index is 12.4. The fraction of sp³-hybridized carbons (Fsp3) is 0.917. The number of amides is 1. The van der Waals surface area contributed by atoms with Crippen LogP contribution < -0.4 is 4.72 Å². The zero-order valence-corrected chi connectivity index (χ0v) is 12.9. The second kappa shape index (κ2) is 6.67. The number of rotatable bonds is 5. The summed E-state index contributed by atoms with van der Waals surface area (Å²) in [6.07, 6.45) is 1.57. The van der Waals surface area contributed by atoms with Gasteiger partial charge < -0.3 is 9.64 Å². The van der Waals surface area contributed by atoms with Gasteiger partial charge >= 0.3 is 0 Å². The van der Waals surface area contributed by atoms with E-state index in [1.165, 1.54) is 0 Å². The number of hydrogen-bond donors (Lipinski definition) is 1. The third-order valence-corrected chi connectivity index (χ3v) is 3.63. The van der Waals surface area contributed by atoms with Crippen LogP contribution in [-0.4, -0.2) is 57.3 Å². The van der Waals surface area contributed by atoms with Crippen LogP contribution >= 0.6 is 0 Å². The lowest BCUT2D eigenvalue weighted by Crippen LogP contribution is -2.53. The van der Waals surface area contributed by atoms with Gasteiger partial charge in [0.1, 0.15) is 6.04 Å². The molecule has 7 heteroatoms. The van der Waals surface area contributed by atoms with Crippen LogP contribution in [0.15, 0.2) is 0 Å². The third-order valence-electron chi connectivity index (χ3n) is 2.91. The summed E-state index contributed by atoms with van der Waals surface area (Å²) < 4.78 is 30.6. The fourth-order valence-corrected chi connectivity index (χ4v) is 2.88. The smallest absolute Gasteiger partial charge is 0.240 e. The van der Waals surface area contributed by atoms with E-state index in [9.17, 15) is 13.2 Å². The highest BCUT2D eigenvalue weighted by Crippen LogP contribution is 2.12. The first-order valence-electron chi connectivity index (χ1n) is 6.56. The summed E-state index contributed by atoms with van der Waals surface area (Å²) in [7, 11) is -3.39. The first-order valence-corrected chi connectivity index (χ1v) is 8.46. The lowest BCUT2D eigenvalue weighted by Gasteiger charge is -2.34. The van der Waals surface area contributed by atoms with E-state index >= 15 is 0 Å². The number of hydrogen-bond acceptors (Lipinski definition) is 4. The molecule has 1 amide bonds. The molecule has 1 rings (SSSR count). The van der Waals surface area contributed by atoms with Crippen molar-refractivity contribution in [3.05, 3.63) is 0 Å². The van der Waals surface area contributed by atoms with Crippen LogP contribution in [0.4, 0.5) is 0 Å². The van der Waals surface area contributed by atoms with Crippen LogP contribution in [0.25, 0.3) is 0 Å². The van der Waals surface area contributed by atoms with Crippen LogP contribution in [0, 0.1) is 5.92 Å². The Bertz CT molecular complexity index is 408. The van der Waals surface area contributed by atoms with Crippen molar-refractivity contribution in [2.45, 2.75) is 39.3 Å². The van der Waals surface area contributed by atoms with Crippen molar-refractivity contribution in [1.82, 2.24) is 9.62 Å². The lowest BCUT2D eigenvalue weighted by atomic mass is 10.0. The van der Waals surface area contributed by atoms with Crippen molar-refractivity contribution in [3.8, 4) is 0 Å². The van der Waals surface area contributed by atoms with Gasteiger partial charge in [0.25, 0.3) is 0 Å². The quantitative estimate of drug-likeness (QED) is 0.785. The third kappa shape index (κ3) is 5.88. The van der Waals surface area contributed by atoms with E-state index in [4.69, 9.17) is 4.74 Å². The number of nitrogens with zero attached hydrogens (tertiary/aromatic N) is 1. The zero-order valence-electron chi connectivity index (χ0n) is 12.0. The topological polar surface area (TPSA) is 75.7 Å². The molecular formula is C12H24N2O4S. The summed E-state index contributed by atoms with van der Waals surface area (Å²) in [5, 5.41) is 0. The van der Waals surface area contributed by atoms with Crippen molar-refractivity contribution < 1.29 is 17.9 Å². The van der Waals surface area contributed by atoms with Crippen LogP contribution in [0.5, 0.6) is 0 Å². The molecule has 0 aliphatic carbocycles. The van der Waals surface area contributed by atoms with Gasteiger partial charge in [-0.3, -0.25) is 4.79 Å². The molecule has 2 atom stereocenters. The van der Waals surface area contributed by atoms with Gasteiger partial charge in [-0.1, -0.05) is 13.8 Å². The summed E-state index contributed by atoms with van der Waals surface area (Å²) >= 11 is 0. The van der Waals surface area contributed by atoms with Crippen molar-refractivity contribution in [2.75, 3.05) is 26.0 Å². The van der Waals surface area contributed by atoms with E-state index < -0.39 is 16.1 Å². The highest BCUT2D eigenvalue weighted by Gasteiger charge is 2.30. The van der Waals surface area contributed by atoms with Crippen LogP contribution in [-0.2, 0) is 19.6 Å². The molecule has 0 saturated carbocycles. The van der Waals surface area contributed by atoms with Crippen molar-refractivity contribution in [3.63, 3.8) is 0 Å². The number of nitrogens with one attached hydrogen (secondary N) is 1. The van der Waals surface area contributed by atoms with Crippen molar-refractivity contribution in [2.24, 2.45) is 5.92 Å². The molecule has 19 heavy (non-hydrogen) atoms. The normalized spacial score (nSPS) is 22.6. The average Bonchev–Trinajstić information content (AvgIpc) is 2.24. The first kappa shape index (κ1) is 16.4. The molecule has 0 bridgehead atoms. The molecule has 1 fully saturated rings. The Labute approximate surface area is 115 Å². The van der Waals surface area contributed by atoms with E-state index in [2.05, 4.69) is 4.72 Å². The maximum Gasteiger partial charge on any atom is 0.240 e. The Hall–Kier alpha value is -0.660. The monoisotopic (exact) mass is 292 g/mol. The molecule has 2 unspecified atom stereocenters. The zero-order chi connectivity index (χ0) is 14.6. The van der Waals surface area contributed by atoms with E-state index in [0.29, 0.717) is 26.1 Å². The molecule has 0 radical (unpaired) electrons. The predicted octanol–water partition coefficient (Wildman–Crippen LogP) is 0.198. The number of carbonyl (C=O) groups excluding carboxylic acids is 1. The molecule has 1 aliphatic heterocycles. The highest BCUT2D eigenvalue weighted by atomic mass is 32.2. The van der Waals surface area contributed by atoms with Gasteiger partial charge in [-0.2, -0.15) is 0 Å². The second-order valence-corrected chi connectivity index (χ2v) is 7.32. The summed E-state index contributed by atoms with van der Waals surface area (Å²) in [6, 6.07) is -0.680. The van der Waals surface area contributed by atoms with Gasteiger partial charge in [-0.25, -0.2) is 13.1 Å². The molecule has 0 aromatic carbocycles. The Balaban J connectivity index is 2.75. The van der Waals surface area contributed by atoms with Crippen LogP contribution in [0.2, 0.25) is 0 Å². The van der Waals surface area contributed by atoms with Crippen molar-refractivity contribution >= 4 is 15.9 Å². The molecule has 0 aromatic heterocycles. The van der Waals surface area contributed by atoms with Crippen molar-refractivity contribution in [1.29, 1.82) is 0 Å². The van der Waals surface area contributed by atoms with Gasteiger partial charge in [0.15, 0.2) is 0 Å². The van der Waals surface area contributed by atoms with Gasteiger partial charge in [-0.15, -0.1) is 0 Å². The number of morpholine rings is 1. The summed E-state index contributed by atoms with van der Waals surface area (Å²) in [5.74, 6) is 0.0796. The first-order chi connectivity index (χ1) is 8.69.